The average molecular weight is 2040 g/mol. The molecule has 0 aliphatic carbocycles. The lowest BCUT2D eigenvalue weighted by Crippen LogP contribution is -2.67. The van der Waals surface area contributed by atoms with Crippen LogP contribution in [0.15, 0.2) is 12.2 Å². The third kappa shape index (κ3) is 75.5. The number of esters is 5. The van der Waals surface area contributed by atoms with Crippen molar-refractivity contribution in [2.75, 3.05) is 13.2 Å². The van der Waals surface area contributed by atoms with E-state index in [1.807, 2.05) is 0 Å². The Labute approximate surface area is 865 Å². The number of carbonyl (C=O) groups excluding carboxylic acids is 7. The summed E-state index contributed by atoms with van der Waals surface area (Å²) in [6.45, 7) is 13.6. The second-order valence-corrected chi connectivity index (χ2v) is 43.4. The summed E-state index contributed by atoms with van der Waals surface area (Å²) in [5, 5.41) is 53.5. The van der Waals surface area contributed by atoms with E-state index in [0.717, 1.165) is 244 Å². The summed E-state index contributed by atoms with van der Waals surface area (Å²) in [4.78, 5) is 123. The van der Waals surface area contributed by atoms with Crippen LogP contribution in [0.4, 0.5) is 0 Å². The molecule has 142 heavy (non-hydrogen) atoms. The molecule has 834 valence electrons. The molecule has 0 aromatic heterocycles. The van der Waals surface area contributed by atoms with Crippen molar-refractivity contribution in [1.29, 1.82) is 0 Å². The summed E-state index contributed by atoms with van der Waals surface area (Å²) in [5.74, 6) is -4.99. The van der Waals surface area contributed by atoms with Gasteiger partial charge in [0, 0.05) is 19.3 Å². The van der Waals surface area contributed by atoms with Crippen molar-refractivity contribution in [2.24, 2.45) is 0 Å². The second kappa shape index (κ2) is 94.1. The zero-order valence-corrected chi connectivity index (χ0v) is 92.5. The molecule has 2 aliphatic heterocycles. The van der Waals surface area contributed by atoms with E-state index in [1.165, 1.54) is 180 Å². The van der Waals surface area contributed by atoms with Gasteiger partial charge >= 0.3 is 37.7 Å². The number of amides is 2. The summed E-state index contributed by atoms with van der Waals surface area (Å²) < 4.78 is 68.9. The lowest BCUT2D eigenvalue weighted by atomic mass is 9.95. The number of unbranched alkanes of at least 4 members (excludes halogenated alkanes) is 65. The molecular formula is C116H217N2O23P. The molecule has 14 atom stereocenters. The van der Waals surface area contributed by atoms with Crippen LogP contribution in [-0.4, -0.2) is 171 Å². The average Bonchev–Trinajstić information content (AvgIpc) is 0.784. The molecule has 2 rings (SSSR count). The number of allylic oxidation sites excluding steroid dienone is 2. The third-order valence-corrected chi connectivity index (χ3v) is 29.0. The fraction of sp³-hybridized carbons (Fsp3) is 0.922. The number of ether oxygens (including phenoxy) is 8. The van der Waals surface area contributed by atoms with Gasteiger partial charge in [-0.05, 0) is 89.9 Å². The number of phosphoric acid groups is 1. The monoisotopic (exact) mass is 2040 g/mol. The van der Waals surface area contributed by atoms with E-state index in [4.69, 9.17) is 42.4 Å². The Morgan fingerprint density at radius 2 is 0.556 bits per heavy atom. The Kier molecular flexibility index (Phi) is 88.7. The summed E-state index contributed by atoms with van der Waals surface area (Å²) in [6.07, 6.45) is 61.9. The Balaban J connectivity index is 2.82. The molecule has 2 heterocycles. The van der Waals surface area contributed by atoms with Gasteiger partial charge < -0.3 is 78.7 Å². The topological polar surface area (TPSA) is 365 Å². The Hall–Kier alpha value is -4.14. The first-order valence-corrected chi connectivity index (χ1v) is 61.1. The molecule has 9 unspecified atom stereocenters. The molecule has 0 saturated carbocycles. The summed E-state index contributed by atoms with van der Waals surface area (Å²) in [5.41, 5.74) is 0. The van der Waals surface area contributed by atoms with Crippen LogP contribution in [0.5, 0.6) is 0 Å². The van der Waals surface area contributed by atoms with Crippen LogP contribution in [0.1, 0.15) is 588 Å². The van der Waals surface area contributed by atoms with Gasteiger partial charge in [0.1, 0.15) is 54.8 Å². The highest BCUT2D eigenvalue weighted by Crippen LogP contribution is 2.42. The van der Waals surface area contributed by atoms with Gasteiger partial charge in [-0.2, -0.15) is 0 Å². The minimum atomic E-state index is -5.69. The maximum Gasteiger partial charge on any atom is 0.472 e. The lowest BCUT2D eigenvalue weighted by molar-refractivity contribution is -0.298. The van der Waals surface area contributed by atoms with Crippen LogP contribution in [0.25, 0.3) is 0 Å². The first-order chi connectivity index (χ1) is 69.1. The van der Waals surface area contributed by atoms with Crippen LogP contribution in [0.3, 0.4) is 0 Å². The first-order valence-electron chi connectivity index (χ1n) is 59.6. The molecular weight excluding hydrogens is 1820 g/mol. The fourth-order valence-corrected chi connectivity index (χ4v) is 20.1. The number of aliphatic hydroxyl groups is 4. The van der Waals surface area contributed by atoms with Gasteiger partial charge in [0.25, 0.3) is 0 Å². The van der Waals surface area contributed by atoms with Crippen molar-refractivity contribution in [3.63, 3.8) is 0 Å². The molecule has 2 fully saturated rings. The highest BCUT2D eigenvalue weighted by atomic mass is 31.2. The van der Waals surface area contributed by atoms with E-state index in [-0.39, 0.29) is 25.7 Å². The highest BCUT2D eigenvalue weighted by Gasteiger charge is 2.54. The number of carbonyl (C=O) groups is 7. The van der Waals surface area contributed by atoms with E-state index in [9.17, 15) is 58.8 Å². The normalized spacial score (nSPS) is 19.1. The molecule has 26 heteroatoms. The zero-order valence-electron chi connectivity index (χ0n) is 91.6. The molecule has 2 aliphatic rings. The minimum Gasteiger partial charge on any atom is -0.462 e. The van der Waals surface area contributed by atoms with E-state index in [0.29, 0.717) is 64.2 Å². The largest absolute Gasteiger partial charge is 0.472 e. The van der Waals surface area contributed by atoms with E-state index < -0.39 is 174 Å². The molecule has 0 spiro atoms. The second-order valence-electron chi connectivity index (χ2n) is 42.2. The molecule has 0 aromatic carbocycles. The van der Waals surface area contributed by atoms with Gasteiger partial charge in [-0.3, -0.25) is 38.1 Å². The molecule has 0 bridgehead atoms. The standard InChI is InChI=1S/C116H217N2O23P/c1-8-15-22-29-36-43-46-49-52-59-66-73-80-87-104(123)134-97(84-77-70-63-56-40-33-26-19-12-5)91-102(121)117-109-113(140-108(127)93-99(86-79-72-65-58-42-35-28-21-14-7)136-106(125)89-82-75-68-61-54-51-48-45-38-31-24-17-10-3)111(128)100(94-119)137-115(109)133-95-101-112(129)114(139-107(126)90-96(120)83-76-69-62-55-39-32-25-18-11-4)110(116(138-101)141-142(130,131)132)118-103(122)92-98(85-78-71-64-57-41-34-27-20-13-6)135-105(124)88-81-74-67-60-53-50-47-44-37-30-23-16-9-2/h43,46,96-101,109-116,119-120,128-129H,8-42,44-45,47-95H2,1-7H3,(H,117,121)(H,118,122)(H2,130,131,132)/b46-43-/t96?,97?,98?,99?,100?,101?,109?,110?,111-,112-,113-,114-,115-,116?/m1/s1. The van der Waals surface area contributed by atoms with Crippen molar-refractivity contribution < 1.29 is 111 Å². The van der Waals surface area contributed by atoms with Crippen LogP contribution in [0.2, 0.25) is 0 Å². The molecule has 0 radical (unpaired) electrons. The van der Waals surface area contributed by atoms with Gasteiger partial charge in [0.05, 0.1) is 45.0 Å². The first kappa shape index (κ1) is 134. The Morgan fingerprint density at radius 1 is 0.310 bits per heavy atom. The highest BCUT2D eigenvalue weighted by molar-refractivity contribution is 7.46. The number of hydrogen-bond donors (Lipinski definition) is 8. The van der Waals surface area contributed by atoms with E-state index in [1.54, 1.807) is 0 Å². The van der Waals surface area contributed by atoms with Gasteiger partial charge in [-0.15, -0.1) is 0 Å². The van der Waals surface area contributed by atoms with E-state index >= 15 is 9.59 Å². The van der Waals surface area contributed by atoms with Crippen molar-refractivity contribution >= 4 is 49.5 Å². The van der Waals surface area contributed by atoms with Crippen LogP contribution in [-0.2, 0) is 80.5 Å². The Morgan fingerprint density at radius 3 is 0.859 bits per heavy atom. The quantitative estimate of drug-likeness (QED) is 0.00922. The van der Waals surface area contributed by atoms with Gasteiger partial charge in [0.15, 0.2) is 24.8 Å². The van der Waals surface area contributed by atoms with Crippen LogP contribution >= 0.6 is 7.82 Å². The molecule has 8 N–H and O–H groups in total. The number of hydrogen-bond acceptors (Lipinski definition) is 21. The number of aliphatic hydroxyl groups excluding tert-OH is 4. The Bertz CT molecular complexity index is 3050. The summed E-state index contributed by atoms with van der Waals surface area (Å²) in [7, 11) is -5.69. The molecule has 25 nitrogen and oxygen atoms in total. The van der Waals surface area contributed by atoms with Crippen LogP contribution in [0, 0.1) is 0 Å². The van der Waals surface area contributed by atoms with Gasteiger partial charge in [0.2, 0.25) is 11.8 Å². The van der Waals surface area contributed by atoms with Gasteiger partial charge in [-0.25, -0.2) is 4.57 Å². The molecule has 2 saturated heterocycles. The smallest absolute Gasteiger partial charge is 0.462 e. The van der Waals surface area contributed by atoms with Crippen molar-refractivity contribution in [1.82, 2.24) is 10.6 Å². The number of nitrogens with one attached hydrogen (secondary N) is 2. The SMILES string of the molecule is CCCCCC/C=C\CCCCCCCC(=O)OC(CCCCCCCCCCC)CC(=O)NC1[C@H](OCC2OC(OP(=O)(O)O)C(NC(=O)CC(CCCCCCCCCCC)OC(=O)CCCCCCCCCCCCCCC)[C@@H](OC(=O)CC(O)CCCCCCCCCCC)[C@@H]2O)OC(CO)[C@@H](O)[C@@H]1OC(=O)CC(CCCCCCCCCCC)OC(=O)CCCCCCCCCCCCCCC. The third-order valence-electron chi connectivity index (χ3n) is 28.5. The van der Waals surface area contributed by atoms with Gasteiger partial charge in [-0.1, -0.05) is 465 Å². The predicted molar refractivity (Wildman–Crippen MR) is 571 cm³/mol. The van der Waals surface area contributed by atoms with Crippen molar-refractivity contribution in [3.05, 3.63) is 12.2 Å². The predicted octanol–water partition coefficient (Wildman–Crippen LogP) is 28.6. The van der Waals surface area contributed by atoms with Crippen molar-refractivity contribution in [2.45, 2.75) is 674 Å². The van der Waals surface area contributed by atoms with Crippen molar-refractivity contribution in [3.8, 4) is 0 Å². The number of phosphoric ester groups is 1. The fourth-order valence-electron chi connectivity index (χ4n) is 19.7. The lowest BCUT2D eigenvalue weighted by Gasteiger charge is -2.46. The summed E-state index contributed by atoms with van der Waals surface area (Å²) >= 11 is 0. The number of rotatable bonds is 102. The molecule has 0 aromatic rings. The molecule has 2 amide bonds. The maximum atomic E-state index is 15.2. The zero-order chi connectivity index (χ0) is 104. The summed E-state index contributed by atoms with van der Waals surface area (Å²) in [6, 6.07) is -3.63. The van der Waals surface area contributed by atoms with Crippen LogP contribution < -0.4 is 10.6 Å². The minimum absolute atomic E-state index is 0.126. The maximum absolute atomic E-state index is 15.2. The van der Waals surface area contributed by atoms with E-state index in [2.05, 4.69) is 71.3 Å².